The van der Waals surface area contributed by atoms with Crippen molar-refractivity contribution in [2.45, 2.75) is 11.4 Å². The molecular formula is C15H19N3O2S. The number of hydrogen-bond acceptors (Lipinski definition) is 4. The standard InChI is InChI=1S/C15H19N3O2S/c1-18(2)14-8-6-12(7-9-14)11-17-13-4-3-5-15(10-13)21(16,19)20/h3-10,17H,11H2,1-2H3,(H2,16,19,20). The Morgan fingerprint density at radius 1 is 1.10 bits per heavy atom. The van der Waals surface area contributed by atoms with Gasteiger partial charge in [0.25, 0.3) is 0 Å². The number of rotatable bonds is 5. The molecule has 112 valence electrons. The van der Waals surface area contributed by atoms with E-state index in [1.807, 2.05) is 49.3 Å². The fraction of sp³-hybridized carbons (Fsp3) is 0.200. The summed E-state index contributed by atoms with van der Waals surface area (Å²) in [4.78, 5) is 2.14. The van der Waals surface area contributed by atoms with Crippen LogP contribution in [0.2, 0.25) is 0 Å². The van der Waals surface area contributed by atoms with E-state index in [0.717, 1.165) is 16.9 Å². The first-order valence-electron chi connectivity index (χ1n) is 6.49. The maximum Gasteiger partial charge on any atom is 0.238 e. The second kappa shape index (κ2) is 6.15. The van der Waals surface area contributed by atoms with Crippen LogP contribution in [-0.2, 0) is 16.6 Å². The van der Waals surface area contributed by atoms with E-state index < -0.39 is 10.0 Å². The van der Waals surface area contributed by atoms with Gasteiger partial charge in [-0.3, -0.25) is 0 Å². The number of primary sulfonamides is 1. The van der Waals surface area contributed by atoms with Gasteiger partial charge >= 0.3 is 0 Å². The Hall–Kier alpha value is -2.05. The molecule has 0 heterocycles. The third-order valence-electron chi connectivity index (χ3n) is 3.11. The maximum absolute atomic E-state index is 11.3. The summed E-state index contributed by atoms with van der Waals surface area (Å²) in [5.41, 5.74) is 2.97. The number of hydrogen-bond donors (Lipinski definition) is 2. The Morgan fingerprint density at radius 2 is 1.76 bits per heavy atom. The third kappa shape index (κ3) is 4.21. The van der Waals surface area contributed by atoms with Crippen molar-refractivity contribution < 1.29 is 8.42 Å². The summed E-state index contributed by atoms with van der Waals surface area (Å²) >= 11 is 0. The molecule has 0 amide bonds. The van der Waals surface area contributed by atoms with Crippen molar-refractivity contribution in [1.82, 2.24) is 0 Å². The number of nitrogens with zero attached hydrogens (tertiary/aromatic N) is 1. The highest BCUT2D eigenvalue weighted by molar-refractivity contribution is 7.89. The number of sulfonamides is 1. The van der Waals surface area contributed by atoms with Crippen LogP contribution >= 0.6 is 0 Å². The monoisotopic (exact) mass is 305 g/mol. The Labute approximate surface area is 125 Å². The fourth-order valence-corrected chi connectivity index (χ4v) is 2.46. The zero-order valence-electron chi connectivity index (χ0n) is 12.1. The molecule has 0 aromatic heterocycles. The smallest absolute Gasteiger partial charge is 0.238 e. The SMILES string of the molecule is CN(C)c1ccc(CNc2cccc(S(N)(=O)=O)c2)cc1. The average Bonchev–Trinajstić information content (AvgIpc) is 2.45. The fourth-order valence-electron chi connectivity index (χ4n) is 1.90. The highest BCUT2D eigenvalue weighted by Gasteiger charge is 2.07. The van der Waals surface area contributed by atoms with Crippen LogP contribution in [-0.4, -0.2) is 22.5 Å². The van der Waals surface area contributed by atoms with Crippen molar-refractivity contribution in [1.29, 1.82) is 0 Å². The predicted octanol–water partition coefficient (Wildman–Crippen LogP) is 2.01. The molecule has 2 aromatic rings. The Kier molecular flexibility index (Phi) is 4.50. The molecule has 3 N–H and O–H groups in total. The first kappa shape index (κ1) is 15.3. The molecule has 0 atom stereocenters. The summed E-state index contributed by atoms with van der Waals surface area (Å²) in [5, 5.41) is 8.31. The molecule has 5 nitrogen and oxygen atoms in total. The van der Waals surface area contributed by atoms with Crippen LogP contribution < -0.4 is 15.4 Å². The first-order valence-corrected chi connectivity index (χ1v) is 8.04. The van der Waals surface area contributed by atoms with Crippen LogP contribution in [0.15, 0.2) is 53.4 Å². The van der Waals surface area contributed by atoms with Gasteiger partial charge in [-0.1, -0.05) is 18.2 Å². The highest BCUT2D eigenvalue weighted by atomic mass is 32.2. The topological polar surface area (TPSA) is 75.4 Å². The minimum Gasteiger partial charge on any atom is -0.381 e. The van der Waals surface area contributed by atoms with Gasteiger partial charge in [-0.2, -0.15) is 0 Å². The lowest BCUT2D eigenvalue weighted by Crippen LogP contribution is -2.12. The molecule has 6 heteroatoms. The lowest BCUT2D eigenvalue weighted by molar-refractivity contribution is 0.598. The lowest BCUT2D eigenvalue weighted by atomic mass is 10.2. The van der Waals surface area contributed by atoms with Gasteiger partial charge in [0.05, 0.1) is 4.90 Å². The van der Waals surface area contributed by atoms with Crippen LogP contribution in [0.5, 0.6) is 0 Å². The molecule has 0 aliphatic carbocycles. The maximum atomic E-state index is 11.3. The van der Waals surface area contributed by atoms with Crippen LogP contribution in [0, 0.1) is 0 Å². The van der Waals surface area contributed by atoms with Gasteiger partial charge in [0.15, 0.2) is 0 Å². The summed E-state index contributed by atoms with van der Waals surface area (Å²) in [7, 11) is 0.315. The van der Waals surface area contributed by atoms with E-state index in [0.29, 0.717) is 6.54 Å². The molecule has 0 aliphatic heterocycles. The van der Waals surface area contributed by atoms with Gasteiger partial charge in [-0.05, 0) is 35.9 Å². The molecule has 0 radical (unpaired) electrons. The summed E-state index contributed by atoms with van der Waals surface area (Å²) in [6, 6.07) is 14.6. The highest BCUT2D eigenvalue weighted by Crippen LogP contribution is 2.16. The lowest BCUT2D eigenvalue weighted by Gasteiger charge is -2.13. The van der Waals surface area contributed by atoms with E-state index in [9.17, 15) is 8.42 Å². The third-order valence-corrected chi connectivity index (χ3v) is 4.02. The normalized spacial score (nSPS) is 11.2. The second-order valence-corrected chi connectivity index (χ2v) is 6.55. The molecule has 0 spiro atoms. The minimum absolute atomic E-state index is 0.107. The Morgan fingerprint density at radius 3 is 2.33 bits per heavy atom. The van der Waals surface area contributed by atoms with E-state index in [1.54, 1.807) is 6.07 Å². The van der Waals surface area contributed by atoms with Crippen molar-refractivity contribution in [2.75, 3.05) is 24.3 Å². The van der Waals surface area contributed by atoms with Crippen LogP contribution in [0.4, 0.5) is 11.4 Å². The zero-order chi connectivity index (χ0) is 15.5. The Bertz CT molecular complexity index is 710. The van der Waals surface area contributed by atoms with E-state index >= 15 is 0 Å². The molecular weight excluding hydrogens is 286 g/mol. The number of benzene rings is 2. The summed E-state index contributed by atoms with van der Waals surface area (Å²) in [6.07, 6.45) is 0. The van der Waals surface area contributed by atoms with E-state index in [1.165, 1.54) is 12.1 Å². The molecule has 2 rings (SSSR count). The molecule has 0 aliphatic rings. The van der Waals surface area contributed by atoms with Crippen molar-refractivity contribution in [3.05, 3.63) is 54.1 Å². The zero-order valence-corrected chi connectivity index (χ0v) is 12.9. The van der Waals surface area contributed by atoms with Crippen molar-refractivity contribution >= 4 is 21.4 Å². The Balaban J connectivity index is 2.06. The summed E-state index contributed by atoms with van der Waals surface area (Å²) in [5.74, 6) is 0. The van der Waals surface area contributed by atoms with E-state index in [-0.39, 0.29) is 4.90 Å². The van der Waals surface area contributed by atoms with Crippen LogP contribution in [0.3, 0.4) is 0 Å². The van der Waals surface area contributed by atoms with Gasteiger partial charge in [0, 0.05) is 32.0 Å². The minimum atomic E-state index is -3.67. The van der Waals surface area contributed by atoms with Crippen LogP contribution in [0.1, 0.15) is 5.56 Å². The summed E-state index contributed by atoms with van der Waals surface area (Å²) in [6.45, 7) is 0.613. The van der Waals surface area contributed by atoms with Gasteiger partial charge in [0.2, 0.25) is 10.0 Å². The van der Waals surface area contributed by atoms with Gasteiger partial charge in [-0.25, -0.2) is 13.6 Å². The second-order valence-electron chi connectivity index (χ2n) is 4.99. The number of nitrogens with two attached hydrogens (primary N) is 1. The molecule has 21 heavy (non-hydrogen) atoms. The van der Waals surface area contributed by atoms with E-state index in [2.05, 4.69) is 5.32 Å². The van der Waals surface area contributed by atoms with E-state index in [4.69, 9.17) is 5.14 Å². The molecule has 2 aromatic carbocycles. The van der Waals surface area contributed by atoms with Gasteiger partial charge in [0.1, 0.15) is 0 Å². The predicted molar refractivity (Wildman–Crippen MR) is 85.9 cm³/mol. The summed E-state index contributed by atoms with van der Waals surface area (Å²) < 4.78 is 22.6. The van der Waals surface area contributed by atoms with Crippen molar-refractivity contribution in [2.24, 2.45) is 5.14 Å². The molecule has 0 bridgehead atoms. The largest absolute Gasteiger partial charge is 0.381 e. The first-order chi connectivity index (χ1) is 9.86. The number of anilines is 2. The average molecular weight is 305 g/mol. The van der Waals surface area contributed by atoms with Crippen molar-refractivity contribution in [3.8, 4) is 0 Å². The van der Waals surface area contributed by atoms with Gasteiger partial charge in [-0.15, -0.1) is 0 Å². The number of nitrogens with one attached hydrogen (secondary N) is 1. The van der Waals surface area contributed by atoms with Crippen LogP contribution in [0.25, 0.3) is 0 Å². The van der Waals surface area contributed by atoms with Gasteiger partial charge < -0.3 is 10.2 Å². The molecule has 0 unspecified atom stereocenters. The quantitative estimate of drug-likeness (QED) is 0.886. The molecule has 0 saturated heterocycles. The molecule has 0 saturated carbocycles. The van der Waals surface area contributed by atoms with Crippen molar-refractivity contribution in [3.63, 3.8) is 0 Å². The molecule has 0 fully saturated rings.